The zero-order chi connectivity index (χ0) is 16.6. The molecular weight excluding hydrogens is 294 g/mol. The van der Waals surface area contributed by atoms with Gasteiger partial charge >= 0.3 is 5.97 Å². The van der Waals surface area contributed by atoms with Gasteiger partial charge in [-0.15, -0.1) is 0 Å². The third-order valence-corrected chi connectivity index (χ3v) is 5.63. The Morgan fingerprint density at radius 3 is 2.52 bits per heavy atom. The normalized spacial score (nSPS) is 37.0. The van der Waals surface area contributed by atoms with Crippen molar-refractivity contribution in [2.24, 2.45) is 5.92 Å². The molecule has 0 radical (unpaired) electrons. The summed E-state index contributed by atoms with van der Waals surface area (Å²) in [5, 5.41) is 0. The van der Waals surface area contributed by atoms with E-state index < -0.39 is 0 Å². The minimum atomic E-state index is -0.0573. The van der Waals surface area contributed by atoms with Crippen molar-refractivity contribution < 1.29 is 14.3 Å². The van der Waals surface area contributed by atoms with Crippen LogP contribution >= 0.6 is 0 Å². The number of carbonyl (C=O) groups excluding carboxylic acids is 2. The van der Waals surface area contributed by atoms with Crippen LogP contribution in [0, 0.1) is 5.92 Å². The molecule has 0 aromatic heterocycles. The highest BCUT2D eigenvalue weighted by molar-refractivity contribution is 5.78. The first-order chi connectivity index (χ1) is 11.0. The molecule has 0 saturated carbocycles. The van der Waals surface area contributed by atoms with Crippen LogP contribution in [0.2, 0.25) is 0 Å². The number of esters is 1. The van der Waals surface area contributed by atoms with Crippen LogP contribution in [0.3, 0.4) is 0 Å². The van der Waals surface area contributed by atoms with Crippen LogP contribution in [0.4, 0.5) is 0 Å². The molecule has 0 aromatic rings. The predicted molar refractivity (Wildman–Crippen MR) is 86.9 cm³/mol. The molecule has 3 heterocycles. The van der Waals surface area contributed by atoms with Gasteiger partial charge in [0.05, 0.1) is 0 Å². The molecule has 0 N–H and O–H groups in total. The largest absolute Gasteiger partial charge is 0.461 e. The molecule has 1 amide bonds. The molecule has 0 aliphatic carbocycles. The Morgan fingerprint density at radius 1 is 1.09 bits per heavy atom. The number of amides is 1. The van der Waals surface area contributed by atoms with E-state index in [-0.39, 0.29) is 24.0 Å². The number of hydrogen-bond acceptors (Lipinski definition) is 5. The van der Waals surface area contributed by atoms with Crippen molar-refractivity contribution in [3.05, 3.63) is 0 Å². The maximum absolute atomic E-state index is 12.0. The molecule has 0 spiro atoms. The topological polar surface area (TPSA) is 53.1 Å². The molecule has 3 fully saturated rings. The molecule has 0 bridgehead atoms. The van der Waals surface area contributed by atoms with Crippen LogP contribution in [0.5, 0.6) is 0 Å². The van der Waals surface area contributed by atoms with Gasteiger partial charge in [-0.2, -0.15) is 0 Å². The zero-order valence-corrected chi connectivity index (χ0v) is 14.5. The first kappa shape index (κ1) is 16.7. The molecular formula is C17H29N3O3. The average Bonchev–Trinajstić information content (AvgIpc) is 2.91. The SMILES string of the molecule is CC(=O)N1CCCN([C@@H]2CN([C@@H]3C[C@@H](C)OC3=O)C[C@H]2C)CC1. The second-order valence-corrected chi connectivity index (χ2v) is 7.39. The van der Waals surface area contributed by atoms with Crippen LogP contribution < -0.4 is 0 Å². The molecule has 3 aliphatic rings. The van der Waals surface area contributed by atoms with Gasteiger partial charge in [-0.3, -0.25) is 19.4 Å². The second-order valence-electron chi connectivity index (χ2n) is 7.39. The van der Waals surface area contributed by atoms with Crippen molar-refractivity contribution >= 4 is 11.9 Å². The summed E-state index contributed by atoms with van der Waals surface area (Å²) in [6.45, 7) is 11.5. The van der Waals surface area contributed by atoms with Gasteiger partial charge in [-0.25, -0.2) is 0 Å². The summed E-state index contributed by atoms with van der Waals surface area (Å²) in [4.78, 5) is 30.4. The number of nitrogens with zero attached hydrogens (tertiary/aromatic N) is 3. The van der Waals surface area contributed by atoms with E-state index in [1.807, 2.05) is 11.8 Å². The highest BCUT2D eigenvalue weighted by Gasteiger charge is 2.43. The van der Waals surface area contributed by atoms with Crippen LogP contribution in [-0.4, -0.2) is 84.0 Å². The summed E-state index contributed by atoms with van der Waals surface area (Å²) in [5.74, 6) is 0.669. The standard InChI is InChI=1S/C17H29N3O3/c1-12-10-20(15-9-13(2)23-17(15)22)11-16(12)19-6-4-5-18(7-8-19)14(3)21/h12-13,15-16H,4-11H2,1-3H3/t12-,13-,15-,16-/m1/s1. The summed E-state index contributed by atoms with van der Waals surface area (Å²) in [6.07, 6.45) is 1.89. The third-order valence-electron chi connectivity index (χ3n) is 5.63. The van der Waals surface area contributed by atoms with E-state index in [9.17, 15) is 9.59 Å². The lowest BCUT2D eigenvalue weighted by molar-refractivity contribution is -0.144. The highest BCUT2D eigenvalue weighted by Crippen LogP contribution is 2.29. The quantitative estimate of drug-likeness (QED) is 0.695. The predicted octanol–water partition coefficient (Wildman–Crippen LogP) is 0.565. The fraction of sp³-hybridized carbons (Fsp3) is 0.882. The maximum atomic E-state index is 12.0. The minimum absolute atomic E-state index is 0.0455. The van der Waals surface area contributed by atoms with Gasteiger partial charge in [0.2, 0.25) is 5.91 Å². The van der Waals surface area contributed by atoms with E-state index in [0.29, 0.717) is 12.0 Å². The molecule has 0 unspecified atom stereocenters. The van der Waals surface area contributed by atoms with E-state index >= 15 is 0 Å². The summed E-state index contributed by atoms with van der Waals surface area (Å²) in [6, 6.07) is 0.420. The molecule has 130 valence electrons. The molecule has 3 saturated heterocycles. The molecule has 6 nitrogen and oxygen atoms in total. The van der Waals surface area contributed by atoms with E-state index in [2.05, 4.69) is 16.7 Å². The van der Waals surface area contributed by atoms with Gasteiger partial charge in [-0.05, 0) is 19.3 Å². The smallest absolute Gasteiger partial charge is 0.323 e. The fourth-order valence-electron chi connectivity index (χ4n) is 4.33. The lowest BCUT2D eigenvalue weighted by Crippen LogP contribution is -2.44. The number of rotatable bonds is 2. The lowest BCUT2D eigenvalue weighted by atomic mass is 10.0. The van der Waals surface area contributed by atoms with Gasteiger partial charge in [0.1, 0.15) is 12.1 Å². The first-order valence-electron chi connectivity index (χ1n) is 8.90. The summed E-state index contributed by atoms with van der Waals surface area (Å²) >= 11 is 0. The number of likely N-dealkylation sites (tertiary alicyclic amines) is 1. The number of ether oxygens (including phenoxy) is 1. The average molecular weight is 323 g/mol. The number of carbonyl (C=O) groups is 2. The van der Waals surface area contributed by atoms with Crippen molar-refractivity contribution in [1.29, 1.82) is 0 Å². The Morgan fingerprint density at radius 2 is 1.87 bits per heavy atom. The van der Waals surface area contributed by atoms with Gasteiger partial charge in [0.25, 0.3) is 0 Å². The van der Waals surface area contributed by atoms with E-state index in [4.69, 9.17) is 4.74 Å². The summed E-state index contributed by atoms with van der Waals surface area (Å²) in [7, 11) is 0. The van der Waals surface area contributed by atoms with Crippen LogP contribution in [0.15, 0.2) is 0 Å². The van der Waals surface area contributed by atoms with Crippen molar-refractivity contribution in [2.45, 2.75) is 51.8 Å². The Labute approximate surface area is 138 Å². The lowest BCUT2D eigenvalue weighted by Gasteiger charge is -2.30. The van der Waals surface area contributed by atoms with E-state index in [1.165, 1.54) is 0 Å². The first-order valence-corrected chi connectivity index (χ1v) is 8.90. The number of hydrogen-bond donors (Lipinski definition) is 0. The van der Waals surface area contributed by atoms with Crippen molar-refractivity contribution in [3.8, 4) is 0 Å². The van der Waals surface area contributed by atoms with Gasteiger partial charge < -0.3 is 9.64 Å². The minimum Gasteiger partial charge on any atom is -0.461 e. The zero-order valence-electron chi connectivity index (χ0n) is 14.5. The highest BCUT2D eigenvalue weighted by atomic mass is 16.6. The molecule has 3 aliphatic heterocycles. The Kier molecular flexibility index (Phi) is 4.92. The summed E-state index contributed by atoms with van der Waals surface area (Å²) < 4.78 is 5.32. The van der Waals surface area contributed by atoms with E-state index in [1.54, 1.807) is 6.92 Å². The molecule has 6 heteroatoms. The van der Waals surface area contributed by atoms with Crippen LogP contribution in [-0.2, 0) is 14.3 Å². The van der Waals surface area contributed by atoms with E-state index in [0.717, 1.165) is 52.1 Å². The molecule has 4 atom stereocenters. The monoisotopic (exact) mass is 323 g/mol. The van der Waals surface area contributed by atoms with Crippen molar-refractivity contribution in [1.82, 2.24) is 14.7 Å². The molecule has 3 rings (SSSR count). The molecule has 23 heavy (non-hydrogen) atoms. The van der Waals surface area contributed by atoms with Gasteiger partial charge in [0.15, 0.2) is 0 Å². The third kappa shape index (κ3) is 3.53. The molecule has 0 aromatic carbocycles. The maximum Gasteiger partial charge on any atom is 0.323 e. The second kappa shape index (κ2) is 6.77. The Hall–Kier alpha value is -1.14. The fourth-order valence-corrected chi connectivity index (χ4v) is 4.33. The van der Waals surface area contributed by atoms with Crippen LogP contribution in [0.25, 0.3) is 0 Å². The van der Waals surface area contributed by atoms with Gasteiger partial charge in [-0.1, -0.05) is 6.92 Å². The van der Waals surface area contributed by atoms with Crippen LogP contribution in [0.1, 0.15) is 33.6 Å². The van der Waals surface area contributed by atoms with Crippen molar-refractivity contribution in [3.63, 3.8) is 0 Å². The van der Waals surface area contributed by atoms with Crippen molar-refractivity contribution in [2.75, 3.05) is 39.3 Å². The summed E-state index contributed by atoms with van der Waals surface area (Å²) in [5.41, 5.74) is 0. The Bertz CT molecular complexity index is 470. The number of cyclic esters (lactones) is 1. The Balaban J connectivity index is 1.60. The van der Waals surface area contributed by atoms with Gasteiger partial charge in [0, 0.05) is 58.7 Å².